The van der Waals surface area contributed by atoms with E-state index >= 15 is 8.78 Å². The van der Waals surface area contributed by atoms with Crippen LogP contribution in [0.5, 0.6) is 28.7 Å². The summed E-state index contributed by atoms with van der Waals surface area (Å²) in [4.78, 5) is 32.2. The van der Waals surface area contributed by atoms with E-state index in [-0.39, 0.29) is 17.7 Å². The van der Waals surface area contributed by atoms with Gasteiger partial charge in [-0.3, -0.25) is 0 Å². The Labute approximate surface area is 584 Å². The number of hydrogen-bond donors (Lipinski definition) is 0. The molecule has 0 atom stereocenters. The number of carbonyl (C=O) groups is 1. The molecule has 0 bridgehead atoms. The van der Waals surface area contributed by atoms with E-state index in [4.69, 9.17) is 28.4 Å². The Morgan fingerprint density at radius 1 is 0.316 bits per heavy atom. The zero-order valence-corrected chi connectivity index (χ0v) is 59.0. The second-order valence-electron chi connectivity index (χ2n) is 26.0. The van der Waals surface area contributed by atoms with E-state index in [9.17, 15) is 4.79 Å². The number of carbonyl (C=O) groups excluding carboxylic acids is 1. The van der Waals surface area contributed by atoms with Gasteiger partial charge in [-0.15, -0.1) is 0 Å². The third kappa shape index (κ3) is 26.9. The van der Waals surface area contributed by atoms with Crippen molar-refractivity contribution in [2.45, 2.75) is 220 Å². The maximum Gasteiger partial charge on any atom is 0.341 e. The van der Waals surface area contributed by atoms with Crippen molar-refractivity contribution in [3.05, 3.63) is 186 Å². The smallest absolute Gasteiger partial charge is 0.341 e. The Morgan fingerprint density at radius 2 is 0.633 bits per heavy atom. The maximum atomic E-state index is 15.5. The number of halogens is 2. The first kappa shape index (κ1) is 75.6. The van der Waals surface area contributed by atoms with E-state index in [0.717, 1.165) is 131 Å². The van der Waals surface area contributed by atoms with Gasteiger partial charge in [-0.05, 0) is 216 Å². The molecule has 0 N–H and O–H groups in total. The molecule has 13 heteroatoms. The van der Waals surface area contributed by atoms with Crippen LogP contribution in [0.15, 0.2) is 152 Å². The lowest BCUT2D eigenvalue weighted by Crippen LogP contribution is -2.10. The van der Waals surface area contributed by atoms with Crippen LogP contribution < -0.4 is 23.7 Å². The summed E-state index contributed by atoms with van der Waals surface area (Å²) in [6.45, 7) is 9.68. The first-order chi connectivity index (χ1) is 48.3. The van der Waals surface area contributed by atoms with E-state index in [2.05, 4.69) is 40.7 Å². The van der Waals surface area contributed by atoms with Crippen molar-refractivity contribution >= 4 is 5.97 Å². The van der Waals surface area contributed by atoms with Gasteiger partial charge in [0.25, 0.3) is 0 Å². The van der Waals surface area contributed by atoms with Crippen LogP contribution in [-0.2, 0) is 24.0 Å². The maximum absolute atomic E-state index is 15.5. The van der Waals surface area contributed by atoms with E-state index < -0.39 is 17.6 Å². The van der Waals surface area contributed by atoms with Crippen molar-refractivity contribution in [1.29, 1.82) is 0 Å². The summed E-state index contributed by atoms with van der Waals surface area (Å²) in [5.41, 5.74) is 7.60. The standard InChI is InChI=1S/C85H108F2N4O7/c1-4-7-10-13-15-24-33-67-62-88-83(89-63-67)71-41-47-74(48-42-71)94-56-26-17-18-29-58-96-76-51-52-79(80(61-76)97-59-30-21-19-27-57-95-75-49-43-72(44-50-75)84-90-64-68(65-91-84)34-25-16-14-11-8-5-2)85(92)98-60-31-22-20-28-55-93-73-45-39-70(40-46-73)78-54-53-77(81(86)82(78)87)69-37-35-66(36-38-69)32-23-12-9-6-3/h35-54,61-65H,4-34,55-60H2,1-3H3. The Kier molecular flexibility index (Phi) is 34.5. The fraction of sp³-hybridized carbons (Fsp3) is 0.471. The Morgan fingerprint density at radius 3 is 1.05 bits per heavy atom. The number of aromatic nitrogens is 4. The molecule has 0 saturated carbocycles. The molecule has 8 aromatic rings. The molecule has 98 heavy (non-hydrogen) atoms. The molecule has 6 aromatic carbocycles. The van der Waals surface area contributed by atoms with Crippen molar-refractivity contribution in [3.63, 3.8) is 0 Å². The molecule has 0 fully saturated rings. The Balaban J connectivity index is 0.728. The summed E-state index contributed by atoms with van der Waals surface area (Å²) < 4.78 is 67.5. The van der Waals surface area contributed by atoms with Gasteiger partial charge in [0, 0.05) is 53.1 Å². The van der Waals surface area contributed by atoms with E-state index in [1.54, 1.807) is 42.5 Å². The summed E-state index contributed by atoms with van der Waals surface area (Å²) in [5, 5.41) is 0. The van der Waals surface area contributed by atoms with Gasteiger partial charge in [-0.25, -0.2) is 33.5 Å². The molecule has 0 amide bonds. The molecule has 0 unspecified atom stereocenters. The minimum Gasteiger partial charge on any atom is -0.494 e. The van der Waals surface area contributed by atoms with Crippen LogP contribution in [0.1, 0.15) is 228 Å². The number of unbranched alkanes of at least 4 members (excludes halogenated alkanes) is 22. The molecule has 0 aliphatic rings. The average Bonchev–Trinajstić information content (AvgIpc) is 0.802. The number of aryl methyl sites for hydroxylation is 3. The zero-order chi connectivity index (χ0) is 68.5. The Hall–Kier alpha value is -8.19. The van der Waals surface area contributed by atoms with Gasteiger partial charge in [-0.2, -0.15) is 0 Å². The van der Waals surface area contributed by atoms with Crippen LogP contribution in [0.25, 0.3) is 45.0 Å². The second kappa shape index (κ2) is 44.7. The van der Waals surface area contributed by atoms with E-state index in [0.29, 0.717) is 73.4 Å². The van der Waals surface area contributed by atoms with Gasteiger partial charge in [-0.1, -0.05) is 153 Å². The summed E-state index contributed by atoms with van der Waals surface area (Å²) >= 11 is 0. The van der Waals surface area contributed by atoms with Crippen LogP contribution in [-0.4, -0.2) is 65.5 Å². The summed E-state index contributed by atoms with van der Waals surface area (Å²) in [7, 11) is 0. The van der Waals surface area contributed by atoms with E-state index in [1.165, 1.54) is 113 Å². The highest BCUT2D eigenvalue weighted by molar-refractivity contribution is 5.92. The number of hydrogen-bond acceptors (Lipinski definition) is 11. The lowest BCUT2D eigenvalue weighted by molar-refractivity contribution is 0.0492. The Bertz CT molecular complexity index is 3480. The highest BCUT2D eigenvalue weighted by Crippen LogP contribution is 2.34. The topological polar surface area (TPSA) is 124 Å². The molecule has 0 aliphatic carbocycles. The normalized spacial score (nSPS) is 11.2. The SMILES string of the molecule is CCCCCCCCc1cnc(-c2ccc(OCCCCCCOc3ccc(C(=O)OCCCCCCOc4ccc(-c5ccc(-c6ccc(CCCCCC)cc6)c(F)c5F)cc4)c(OCCCCCCOc4ccc(-c5ncc(CCCCCCCC)cn5)cc4)c3)cc2)nc1. The van der Waals surface area contributed by atoms with Crippen molar-refractivity contribution in [2.75, 3.05) is 39.6 Å². The lowest BCUT2D eigenvalue weighted by atomic mass is 9.97. The van der Waals surface area contributed by atoms with Crippen LogP contribution in [0.2, 0.25) is 0 Å². The number of nitrogens with zero attached hydrogens (tertiary/aromatic N) is 4. The number of ether oxygens (including phenoxy) is 6. The van der Waals surface area contributed by atoms with E-state index in [1.807, 2.05) is 110 Å². The van der Waals surface area contributed by atoms with Crippen LogP contribution in [0.3, 0.4) is 0 Å². The molecule has 0 radical (unpaired) electrons. The summed E-state index contributed by atoms with van der Waals surface area (Å²) in [6, 6.07) is 39.6. The summed E-state index contributed by atoms with van der Waals surface area (Å²) in [6.07, 6.45) is 41.6. The molecular weight excluding hydrogens is 1230 g/mol. The number of esters is 1. The molecule has 0 aliphatic heterocycles. The highest BCUT2D eigenvalue weighted by atomic mass is 19.2. The zero-order valence-electron chi connectivity index (χ0n) is 59.0. The monoisotopic (exact) mass is 1330 g/mol. The lowest BCUT2D eigenvalue weighted by Gasteiger charge is -2.14. The van der Waals surface area contributed by atoms with Gasteiger partial charge in [0.05, 0.1) is 39.6 Å². The van der Waals surface area contributed by atoms with Crippen molar-refractivity contribution in [3.8, 4) is 73.8 Å². The predicted octanol–water partition coefficient (Wildman–Crippen LogP) is 23.0. The minimum absolute atomic E-state index is 0.206. The van der Waals surface area contributed by atoms with Crippen molar-refractivity contribution in [2.24, 2.45) is 0 Å². The molecule has 2 aromatic heterocycles. The fourth-order valence-electron chi connectivity index (χ4n) is 12.0. The van der Waals surface area contributed by atoms with Crippen molar-refractivity contribution in [1.82, 2.24) is 19.9 Å². The molecule has 0 spiro atoms. The highest BCUT2D eigenvalue weighted by Gasteiger charge is 2.19. The number of benzene rings is 6. The molecule has 0 saturated heterocycles. The average molecular weight is 1340 g/mol. The summed E-state index contributed by atoms with van der Waals surface area (Å²) in [5.74, 6) is 2.71. The third-order valence-corrected chi connectivity index (χ3v) is 18.0. The van der Waals surface area contributed by atoms with Crippen LogP contribution in [0, 0.1) is 11.6 Å². The largest absolute Gasteiger partial charge is 0.494 e. The molecule has 8 rings (SSSR count). The van der Waals surface area contributed by atoms with Gasteiger partial charge in [0.1, 0.15) is 34.3 Å². The minimum atomic E-state index is -0.866. The van der Waals surface area contributed by atoms with Crippen molar-refractivity contribution < 1.29 is 42.0 Å². The first-order valence-electron chi connectivity index (χ1n) is 37.2. The molecular formula is C85H108F2N4O7. The quantitative estimate of drug-likeness (QED) is 0.0267. The first-order valence-corrected chi connectivity index (χ1v) is 37.2. The van der Waals surface area contributed by atoms with Gasteiger partial charge in [0.2, 0.25) is 0 Å². The van der Waals surface area contributed by atoms with Gasteiger partial charge < -0.3 is 28.4 Å². The number of rotatable bonds is 50. The van der Waals surface area contributed by atoms with Crippen LogP contribution in [0.4, 0.5) is 8.78 Å². The second-order valence-corrected chi connectivity index (χ2v) is 26.0. The van der Waals surface area contributed by atoms with Crippen LogP contribution >= 0.6 is 0 Å². The van der Waals surface area contributed by atoms with Gasteiger partial charge >= 0.3 is 5.97 Å². The van der Waals surface area contributed by atoms with Gasteiger partial charge in [0.15, 0.2) is 23.3 Å². The molecule has 11 nitrogen and oxygen atoms in total. The molecule has 2 heterocycles. The molecule has 524 valence electrons. The third-order valence-electron chi connectivity index (χ3n) is 18.0. The fourth-order valence-corrected chi connectivity index (χ4v) is 12.0. The predicted molar refractivity (Wildman–Crippen MR) is 394 cm³/mol.